The van der Waals surface area contributed by atoms with Crippen molar-refractivity contribution in [3.8, 4) is 0 Å². The van der Waals surface area contributed by atoms with Gasteiger partial charge in [-0.3, -0.25) is 0 Å². The summed E-state index contributed by atoms with van der Waals surface area (Å²) >= 11 is 0.737. The Bertz CT molecular complexity index is 682. The van der Waals surface area contributed by atoms with Crippen molar-refractivity contribution in [1.29, 1.82) is 0 Å². The molecule has 20 radical (unpaired) electrons. The molecule has 6 rings (SSSR count). The third kappa shape index (κ3) is 11.5. The van der Waals surface area contributed by atoms with Gasteiger partial charge >= 0.3 is 216 Å². The standard InChI is InChI=1S/C22H26N2O2Se2.2C5H5.2Fe/c1-13(2)17-11-25-21(23-17)15-7-5-9-19(15)27-28-20-10-6-8-16(20)22-24-18(12-26-22)14(3)4;2*1-2-4-5-3-1;;/h5-10,13-14,17-18H,11-12H2,1-4H3;2*1-5H;;/q;;;2*+2/t17-,18-;;;;/m1..../s1. The maximum absolute atomic E-state index is 5.92. The Morgan fingerprint density at radius 1 is 0.550 bits per heavy atom. The molecule has 0 unspecified atom stereocenters. The summed E-state index contributed by atoms with van der Waals surface area (Å²) in [7, 11) is 0. The Morgan fingerprint density at radius 3 is 1.15 bits per heavy atom. The summed E-state index contributed by atoms with van der Waals surface area (Å²) in [5.41, 5.74) is 0. The summed E-state index contributed by atoms with van der Waals surface area (Å²) in [6, 6.07) is 0.563. The molecule has 4 aliphatic carbocycles. The van der Waals surface area contributed by atoms with E-state index in [0.717, 1.165) is 11.8 Å². The summed E-state index contributed by atoms with van der Waals surface area (Å²) in [6.07, 6.45) is 33.0. The molecule has 0 bridgehead atoms. The van der Waals surface area contributed by atoms with Crippen LogP contribution in [0.5, 0.6) is 0 Å². The Morgan fingerprint density at radius 2 is 0.875 bits per heavy atom. The minimum Gasteiger partial charge on any atom is -0.0312 e. The number of hydrogen-bond donors (Lipinski definition) is 0. The number of aliphatic imine (C=N–C) groups is 2. The van der Waals surface area contributed by atoms with E-state index in [0.29, 0.717) is 51.3 Å². The average molecular weight is 750 g/mol. The Hall–Kier alpha value is 1.02. The molecule has 8 heteroatoms. The van der Waals surface area contributed by atoms with Crippen molar-refractivity contribution in [2.24, 2.45) is 21.8 Å². The van der Waals surface area contributed by atoms with Gasteiger partial charge in [0.05, 0.1) is 0 Å². The number of hydrogen-bond acceptors (Lipinski definition) is 4. The zero-order chi connectivity index (χ0) is 26.7. The van der Waals surface area contributed by atoms with Gasteiger partial charge in [0.1, 0.15) is 0 Å². The molecule has 4 fully saturated rings. The molecule has 2 aliphatic heterocycles. The quantitative estimate of drug-likeness (QED) is 0.354. The smallest absolute Gasteiger partial charge is 0.0312 e. The topological polar surface area (TPSA) is 43.2 Å². The first kappa shape index (κ1) is 37.2. The first-order valence-corrected chi connectivity index (χ1v) is 19.2. The Kier molecular flexibility index (Phi) is 18.7. The molecule has 0 spiro atoms. The molecule has 4 nitrogen and oxygen atoms in total. The van der Waals surface area contributed by atoms with Crippen LogP contribution in [0.2, 0.25) is 0 Å². The predicted molar refractivity (Wildman–Crippen MR) is 157 cm³/mol. The zero-order valence-corrected chi connectivity index (χ0v) is 28.8. The monoisotopic (exact) mass is 752 g/mol. The van der Waals surface area contributed by atoms with Gasteiger partial charge in [-0.15, -0.1) is 0 Å². The SMILES string of the molecule is CC(C)[C@H]1COC([C]2[CH][CH][CH][C]2[Se][Se][C]2[CH][CH][CH][C]2C2=N[C@@H](C(C)C)CO2)=N1.[CH]1[CH][CH][CH][CH]1.[CH]1[CH][CH][CH][CH]1.[Fe+2].[Fe+2]. The summed E-state index contributed by atoms with van der Waals surface area (Å²) in [5.74, 6) is 5.07. The van der Waals surface area contributed by atoms with E-state index in [-0.39, 0.29) is 46.2 Å². The third-order valence-corrected chi connectivity index (χ3v) is 13.5. The average Bonchev–Trinajstić information content (AvgIpc) is 3.77. The molecule has 0 saturated heterocycles. The van der Waals surface area contributed by atoms with Crippen LogP contribution in [-0.4, -0.2) is 63.4 Å². The van der Waals surface area contributed by atoms with E-state index in [4.69, 9.17) is 19.5 Å². The third-order valence-electron chi connectivity index (χ3n) is 6.23. The number of ether oxygens (including phenoxy) is 2. The molecule has 0 N–H and O–H groups in total. The largest absolute Gasteiger partial charge is 2.00 e. The Labute approximate surface area is 278 Å². The first-order valence-electron chi connectivity index (χ1n) is 13.1. The molecule has 0 aromatic carbocycles. The molecule has 210 valence electrons. The van der Waals surface area contributed by atoms with E-state index in [1.807, 2.05) is 64.2 Å². The van der Waals surface area contributed by atoms with E-state index in [9.17, 15) is 0 Å². The van der Waals surface area contributed by atoms with Crippen LogP contribution >= 0.6 is 0 Å². The van der Waals surface area contributed by atoms with E-state index >= 15 is 0 Å². The predicted octanol–water partition coefficient (Wildman–Crippen LogP) is 4.72. The van der Waals surface area contributed by atoms with Crippen LogP contribution in [0.3, 0.4) is 0 Å². The fraction of sp³-hybridized carbons (Fsp3) is 0.312. The molecule has 40 heavy (non-hydrogen) atoms. The normalized spacial score (nSPS) is 27.2. The van der Waals surface area contributed by atoms with Crippen molar-refractivity contribution in [3.05, 3.63) is 124 Å². The maximum Gasteiger partial charge on any atom is 2.00 e. The first-order chi connectivity index (χ1) is 18.5. The van der Waals surface area contributed by atoms with Crippen molar-refractivity contribution >= 4 is 38.1 Å². The van der Waals surface area contributed by atoms with E-state index in [2.05, 4.69) is 66.2 Å². The van der Waals surface area contributed by atoms with Gasteiger partial charge in [0.15, 0.2) is 0 Å². The van der Waals surface area contributed by atoms with Crippen LogP contribution in [0.1, 0.15) is 27.7 Å². The molecular weight excluding hydrogens is 714 g/mol. The Balaban J connectivity index is 0.000000392. The van der Waals surface area contributed by atoms with Crippen LogP contribution in [0.4, 0.5) is 0 Å². The number of rotatable bonds is 7. The molecule has 0 aromatic rings. The maximum atomic E-state index is 5.92. The second kappa shape index (κ2) is 20.1. The minimum absolute atomic E-state index is 0. The molecule has 2 atom stereocenters. The molecule has 4 saturated carbocycles. The van der Waals surface area contributed by atoms with Crippen LogP contribution in [0, 0.1) is 136 Å². The summed E-state index contributed by atoms with van der Waals surface area (Å²) in [5, 5.41) is 0. The van der Waals surface area contributed by atoms with Crippen molar-refractivity contribution in [2.45, 2.75) is 39.8 Å². The van der Waals surface area contributed by atoms with E-state index < -0.39 is 0 Å². The van der Waals surface area contributed by atoms with Gasteiger partial charge in [-0.1, -0.05) is 0 Å². The minimum atomic E-state index is 0. The van der Waals surface area contributed by atoms with Crippen LogP contribution < -0.4 is 0 Å². The molecule has 0 amide bonds. The van der Waals surface area contributed by atoms with Crippen LogP contribution in [-0.2, 0) is 43.6 Å². The van der Waals surface area contributed by atoms with E-state index in [1.54, 1.807) is 0 Å². The van der Waals surface area contributed by atoms with Crippen LogP contribution in [0.25, 0.3) is 0 Å². The van der Waals surface area contributed by atoms with Gasteiger partial charge in [0.2, 0.25) is 0 Å². The van der Waals surface area contributed by atoms with Gasteiger partial charge < -0.3 is 0 Å². The number of nitrogens with zero attached hydrogens (tertiary/aromatic N) is 2. The van der Waals surface area contributed by atoms with Gasteiger partial charge in [-0.05, 0) is 64.2 Å². The zero-order valence-electron chi connectivity index (χ0n) is 23.2. The van der Waals surface area contributed by atoms with Crippen molar-refractivity contribution in [1.82, 2.24) is 0 Å². The fourth-order valence-electron chi connectivity index (χ4n) is 3.79. The fourth-order valence-corrected chi connectivity index (χ4v) is 10.9. The summed E-state index contributed by atoms with van der Waals surface area (Å²) < 4.78 is 11.8. The molecule has 6 aliphatic rings. The molecule has 0 aromatic heterocycles. The van der Waals surface area contributed by atoms with Gasteiger partial charge in [0, 0.05) is 0 Å². The second-order valence-corrected chi connectivity index (χ2v) is 16.0. The van der Waals surface area contributed by atoms with E-state index in [1.165, 1.54) is 21.5 Å². The molecule has 2 heterocycles. The van der Waals surface area contributed by atoms with Gasteiger partial charge in [-0.25, -0.2) is 0 Å². The summed E-state index contributed by atoms with van der Waals surface area (Å²) in [6.45, 7) is 10.2. The van der Waals surface area contributed by atoms with Gasteiger partial charge in [-0.2, -0.15) is 0 Å². The van der Waals surface area contributed by atoms with Gasteiger partial charge in [0.25, 0.3) is 0 Å². The van der Waals surface area contributed by atoms with Crippen molar-refractivity contribution in [2.75, 3.05) is 13.2 Å². The van der Waals surface area contributed by atoms with Crippen LogP contribution in [0.15, 0.2) is 9.98 Å². The second-order valence-electron chi connectivity index (χ2n) is 9.81. The van der Waals surface area contributed by atoms with Crippen molar-refractivity contribution in [3.63, 3.8) is 0 Å². The summed E-state index contributed by atoms with van der Waals surface area (Å²) in [4.78, 5) is 12.4. The molecular formula is C32H36Fe2N2O2Se2+4. The van der Waals surface area contributed by atoms with Crippen molar-refractivity contribution < 1.29 is 43.6 Å².